The summed E-state index contributed by atoms with van der Waals surface area (Å²) >= 11 is 0. The molecule has 1 saturated heterocycles. The zero-order valence-electron chi connectivity index (χ0n) is 18.2. The zero-order valence-corrected chi connectivity index (χ0v) is 19.0. The van der Waals surface area contributed by atoms with Gasteiger partial charge in [-0.05, 0) is 47.7 Å². The van der Waals surface area contributed by atoms with Gasteiger partial charge in [0.15, 0.2) is 0 Å². The van der Waals surface area contributed by atoms with E-state index in [0.29, 0.717) is 41.0 Å². The Labute approximate surface area is 191 Å². The first-order chi connectivity index (χ1) is 15.5. The van der Waals surface area contributed by atoms with Gasteiger partial charge in [0.2, 0.25) is 0 Å². The molecule has 2 aromatic carbocycles. The number of alkyl halides is 3. The van der Waals surface area contributed by atoms with Crippen molar-refractivity contribution >= 4 is 32.9 Å². The number of nitrogens with one attached hydrogen (secondary N) is 2. The highest BCUT2D eigenvalue weighted by atomic mass is 32.2. The third-order valence-electron chi connectivity index (χ3n) is 5.56. The van der Waals surface area contributed by atoms with Crippen LogP contribution >= 0.6 is 0 Å². The van der Waals surface area contributed by atoms with Crippen LogP contribution in [0.1, 0.15) is 47.2 Å². The molecule has 1 heterocycles. The lowest BCUT2D eigenvalue weighted by Crippen LogP contribution is -2.31. The van der Waals surface area contributed by atoms with Gasteiger partial charge in [-0.15, -0.1) is 0 Å². The minimum absolute atomic E-state index is 0.176. The Morgan fingerprint density at radius 3 is 2.18 bits per heavy atom. The Kier molecular flexibility index (Phi) is 7.36. The molecule has 0 spiro atoms. The van der Waals surface area contributed by atoms with Gasteiger partial charge in [0.1, 0.15) is 0 Å². The van der Waals surface area contributed by atoms with Gasteiger partial charge < -0.3 is 10.2 Å². The Balaban J connectivity index is 2.08. The number of hydrogen-bond acceptors (Lipinski definition) is 4. The van der Waals surface area contributed by atoms with Crippen LogP contribution in [-0.2, 0) is 10.0 Å². The van der Waals surface area contributed by atoms with E-state index in [2.05, 4.69) is 11.9 Å². The average molecular weight is 482 g/mol. The molecule has 10 heteroatoms. The van der Waals surface area contributed by atoms with Gasteiger partial charge in [-0.25, -0.2) is 0 Å². The molecule has 6 nitrogen and oxygen atoms in total. The van der Waals surface area contributed by atoms with E-state index < -0.39 is 15.5 Å². The minimum Gasteiger partial charge on any atom is -0.370 e. The van der Waals surface area contributed by atoms with E-state index in [-0.39, 0.29) is 11.6 Å². The van der Waals surface area contributed by atoms with Gasteiger partial charge in [0.05, 0.1) is 11.4 Å². The number of carbonyl (C=O) groups is 1. The van der Waals surface area contributed by atoms with Crippen LogP contribution in [0, 0.1) is 0 Å². The third-order valence-corrected chi connectivity index (χ3v) is 6.66. The van der Waals surface area contributed by atoms with Crippen LogP contribution in [0.3, 0.4) is 0 Å². The molecule has 0 radical (unpaired) electrons. The molecule has 0 bridgehead atoms. The van der Waals surface area contributed by atoms with Crippen LogP contribution in [0.5, 0.6) is 0 Å². The lowest BCUT2D eigenvalue weighted by molar-refractivity contribution is -0.0429. The average Bonchev–Trinajstić information content (AvgIpc) is 3.06. The summed E-state index contributed by atoms with van der Waals surface area (Å²) in [7, 11) is -4.14. The first-order valence-electron chi connectivity index (χ1n) is 10.5. The monoisotopic (exact) mass is 481 g/mol. The minimum atomic E-state index is -5.62. The van der Waals surface area contributed by atoms with E-state index >= 15 is 0 Å². The van der Waals surface area contributed by atoms with E-state index in [4.69, 9.17) is 0 Å². The second-order valence-electron chi connectivity index (χ2n) is 7.79. The highest BCUT2D eigenvalue weighted by molar-refractivity contribution is 7.93. The van der Waals surface area contributed by atoms with Crippen LogP contribution in [0.2, 0.25) is 0 Å². The Hall–Kier alpha value is -3.01. The van der Waals surface area contributed by atoms with Crippen molar-refractivity contribution < 1.29 is 26.4 Å². The van der Waals surface area contributed by atoms with E-state index in [1.165, 1.54) is 13.1 Å². The summed E-state index contributed by atoms with van der Waals surface area (Å²) in [4.78, 5) is 14.1. The van der Waals surface area contributed by atoms with E-state index in [1.807, 2.05) is 4.90 Å². The van der Waals surface area contributed by atoms with Gasteiger partial charge >= 0.3 is 15.5 Å². The first kappa shape index (κ1) is 24.6. The molecule has 0 unspecified atom stereocenters. The van der Waals surface area contributed by atoms with Crippen LogP contribution in [-0.4, -0.2) is 40.0 Å². The number of nitrogens with zero attached hydrogens (tertiary/aromatic N) is 1. The molecule has 33 heavy (non-hydrogen) atoms. The predicted molar refractivity (Wildman–Crippen MR) is 124 cm³/mol. The number of rotatable bonds is 6. The van der Waals surface area contributed by atoms with E-state index in [9.17, 15) is 26.4 Å². The summed E-state index contributed by atoms with van der Waals surface area (Å²) < 4.78 is 65.0. The molecule has 2 aromatic rings. The largest absolute Gasteiger partial charge is 0.516 e. The van der Waals surface area contributed by atoms with Crippen molar-refractivity contribution in [1.82, 2.24) is 5.32 Å². The second kappa shape index (κ2) is 9.86. The first-order valence-corrected chi connectivity index (χ1v) is 12.0. The van der Waals surface area contributed by atoms with Gasteiger partial charge in [0, 0.05) is 25.7 Å². The van der Waals surface area contributed by atoms with Crippen molar-refractivity contribution in [2.24, 2.45) is 0 Å². The van der Waals surface area contributed by atoms with Crippen LogP contribution in [0.4, 0.5) is 24.5 Å². The Bertz CT molecular complexity index is 1140. The smallest absolute Gasteiger partial charge is 0.370 e. The van der Waals surface area contributed by atoms with Crippen molar-refractivity contribution in [2.45, 2.75) is 31.2 Å². The molecule has 1 amide bonds. The van der Waals surface area contributed by atoms with Crippen LogP contribution in [0.25, 0.3) is 5.57 Å². The lowest BCUT2D eigenvalue weighted by atomic mass is 9.94. The fraction of sp³-hybridized carbons (Fsp3) is 0.348. The fourth-order valence-corrected chi connectivity index (χ4v) is 4.40. The van der Waals surface area contributed by atoms with Gasteiger partial charge in [-0.1, -0.05) is 43.7 Å². The van der Waals surface area contributed by atoms with E-state index in [0.717, 1.165) is 25.7 Å². The zero-order chi connectivity index (χ0) is 24.2. The maximum absolute atomic E-state index is 13.1. The molecule has 0 aliphatic carbocycles. The predicted octanol–water partition coefficient (Wildman–Crippen LogP) is 4.75. The molecule has 0 atom stereocenters. The van der Waals surface area contributed by atoms with Crippen molar-refractivity contribution in [3.05, 3.63) is 65.7 Å². The summed E-state index contributed by atoms with van der Waals surface area (Å²) in [6.45, 7) is 5.25. The van der Waals surface area contributed by atoms with Crippen molar-refractivity contribution in [3.63, 3.8) is 0 Å². The molecule has 1 aliphatic rings. The van der Waals surface area contributed by atoms with Gasteiger partial charge in [-0.2, -0.15) is 21.6 Å². The normalized spacial score (nSPS) is 15.0. The summed E-state index contributed by atoms with van der Waals surface area (Å²) in [5.74, 6) is -0.342. The number of halogens is 3. The highest BCUT2D eigenvalue weighted by Gasteiger charge is 2.46. The molecule has 0 saturated carbocycles. The van der Waals surface area contributed by atoms with Crippen molar-refractivity contribution in [1.29, 1.82) is 0 Å². The van der Waals surface area contributed by atoms with Crippen molar-refractivity contribution in [3.8, 4) is 0 Å². The van der Waals surface area contributed by atoms with Crippen LogP contribution in [0.15, 0.2) is 49.0 Å². The number of hydrogen-bond donors (Lipinski definition) is 2. The second-order valence-corrected chi connectivity index (χ2v) is 9.46. The molecule has 1 fully saturated rings. The fourth-order valence-electron chi connectivity index (χ4n) is 3.83. The van der Waals surface area contributed by atoms with Crippen LogP contribution < -0.4 is 14.9 Å². The van der Waals surface area contributed by atoms with Gasteiger partial charge in [0.25, 0.3) is 5.91 Å². The maximum Gasteiger partial charge on any atom is 0.516 e. The Morgan fingerprint density at radius 2 is 1.61 bits per heavy atom. The van der Waals surface area contributed by atoms with Gasteiger partial charge in [-0.3, -0.25) is 9.52 Å². The summed E-state index contributed by atoms with van der Waals surface area (Å²) in [6.07, 6.45) is 3.73. The molecule has 0 aromatic heterocycles. The third kappa shape index (κ3) is 5.50. The van der Waals surface area contributed by atoms with E-state index in [1.54, 1.807) is 41.1 Å². The maximum atomic E-state index is 13.1. The van der Waals surface area contributed by atoms with Crippen molar-refractivity contribution in [2.75, 3.05) is 29.8 Å². The highest BCUT2D eigenvalue weighted by Crippen LogP contribution is 2.36. The summed E-state index contributed by atoms with van der Waals surface area (Å²) in [5, 5.41) is 2.54. The number of amides is 1. The molecule has 2 N–H and O–H groups in total. The number of sulfonamides is 1. The lowest BCUT2D eigenvalue weighted by Gasteiger charge is -2.26. The molecule has 3 rings (SSSR count). The molecular formula is C23H26F3N3O3S. The number of anilines is 2. The quantitative estimate of drug-likeness (QED) is 0.624. The topological polar surface area (TPSA) is 78.5 Å². The number of benzene rings is 2. The molecular weight excluding hydrogens is 455 g/mol. The SMILES string of the molecule is C=C(c1ccc(N2CCCCCC2)c(NS(=O)(=O)C(F)(F)F)c1)c1ccccc1C(=O)NC. The standard InChI is InChI=1S/C23H26F3N3O3S/c1-16(18-9-5-6-10-19(18)22(30)27-2)17-11-12-21(29-13-7-3-4-8-14-29)20(15-17)28-33(31,32)23(24,25)26/h5-6,9-12,15,28H,1,3-4,7-8,13-14H2,2H3,(H,27,30). The summed E-state index contributed by atoms with van der Waals surface area (Å²) in [5.41, 5.74) is -3.65. The number of carbonyl (C=O) groups excluding carboxylic acids is 1. The summed E-state index contributed by atoms with van der Waals surface area (Å²) in [6, 6.07) is 11.3. The molecule has 1 aliphatic heterocycles. The molecule has 178 valence electrons. The Morgan fingerprint density at radius 1 is 1.00 bits per heavy atom.